The summed E-state index contributed by atoms with van der Waals surface area (Å²) >= 11 is 7.45. The molecule has 3 rings (SSSR count). The normalized spacial score (nSPS) is 26.5. The molecule has 1 aromatic carbocycles. The van der Waals surface area contributed by atoms with Gasteiger partial charge in [-0.1, -0.05) is 47.6 Å². The first-order valence-corrected chi connectivity index (χ1v) is 10.6. The number of halogens is 1. The molecule has 2 aliphatic rings. The van der Waals surface area contributed by atoms with Crippen LogP contribution in [-0.2, 0) is 21.1 Å². The Bertz CT molecular complexity index is 807. The molecule has 1 aromatic rings. The van der Waals surface area contributed by atoms with Gasteiger partial charge in [0.05, 0.1) is 24.0 Å². The van der Waals surface area contributed by atoms with E-state index in [-0.39, 0.29) is 35.1 Å². The van der Waals surface area contributed by atoms with Crippen molar-refractivity contribution in [2.24, 2.45) is 4.99 Å². The van der Waals surface area contributed by atoms with Gasteiger partial charge in [0.25, 0.3) is 5.91 Å². The van der Waals surface area contributed by atoms with Crippen molar-refractivity contribution in [3.8, 4) is 0 Å². The highest BCUT2D eigenvalue weighted by Crippen LogP contribution is 2.38. The summed E-state index contributed by atoms with van der Waals surface area (Å²) in [4.78, 5) is 18.4. The van der Waals surface area contributed by atoms with Gasteiger partial charge in [-0.3, -0.25) is 4.79 Å². The fourth-order valence-corrected chi connectivity index (χ4v) is 7.12. The maximum Gasteiger partial charge on any atom is 0.252 e. The summed E-state index contributed by atoms with van der Waals surface area (Å²) in [6, 6.07) is 7.03. The van der Waals surface area contributed by atoms with Gasteiger partial charge in [0.2, 0.25) is 0 Å². The number of amidine groups is 1. The second-order valence-electron chi connectivity index (χ2n) is 5.80. The van der Waals surface area contributed by atoms with Crippen molar-refractivity contribution in [1.29, 1.82) is 0 Å². The SMILES string of the molecule is C=CCN1C(=NC(=O)Cc2ccccc2Cl)SC2CS(=O)(=O)CC21. The van der Waals surface area contributed by atoms with Crippen molar-refractivity contribution in [2.45, 2.75) is 17.7 Å². The number of benzene rings is 1. The number of sulfone groups is 1. The molecule has 2 aliphatic heterocycles. The zero-order valence-corrected chi connectivity index (χ0v) is 15.3. The van der Waals surface area contributed by atoms with Crippen LogP contribution in [0.15, 0.2) is 41.9 Å². The molecule has 0 aliphatic carbocycles. The van der Waals surface area contributed by atoms with E-state index < -0.39 is 9.84 Å². The van der Waals surface area contributed by atoms with E-state index in [9.17, 15) is 13.2 Å². The molecular formula is C16H17ClN2O3S2. The molecule has 0 bridgehead atoms. The molecule has 24 heavy (non-hydrogen) atoms. The molecule has 0 saturated carbocycles. The monoisotopic (exact) mass is 384 g/mol. The highest BCUT2D eigenvalue weighted by atomic mass is 35.5. The molecular weight excluding hydrogens is 368 g/mol. The fraction of sp³-hybridized carbons (Fsp3) is 0.375. The summed E-state index contributed by atoms with van der Waals surface area (Å²) in [5.41, 5.74) is 0.731. The smallest absolute Gasteiger partial charge is 0.252 e. The van der Waals surface area contributed by atoms with Crippen LogP contribution in [0.2, 0.25) is 5.02 Å². The lowest BCUT2D eigenvalue weighted by atomic mass is 10.1. The summed E-state index contributed by atoms with van der Waals surface area (Å²) in [6.45, 7) is 4.18. The van der Waals surface area contributed by atoms with Gasteiger partial charge in [0.15, 0.2) is 15.0 Å². The van der Waals surface area contributed by atoms with E-state index >= 15 is 0 Å². The number of nitrogens with zero attached hydrogens (tertiary/aromatic N) is 2. The van der Waals surface area contributed by atoms with Crippen LogP contribution in [0.4, 0.5) is 0 Å². The summed E-state index contributed by atoms with van der Waals surface area (Å²) in [6.07, 6.45) is 1.82. The van der Waals surface area contributed by atoms with Crippen molar-refractivity contribution < 1.29 is 13.2 Å². The van der Waals surface area contributed by atoms with E-state index in [1.807, 2.05) is 17.0 Å². The molecule has 2 fully saturated rings. The highest BCUT2D eigenvalue weighted by Gasteiger charge is 2.48. The average molecular weight is 385 g/mol. The van der Waals surface area contributed by atoms with E-state index in [0.717, 1.165) is 5.56 Å². The zero-order valence-electron chi connectivity index (χ0n) is 12.9. The van der Waals surface area contributed by atoms with E-state index in [4.69, 9.17) is 11.6 Å². The van der Waals surface area contributed by atoms with E-state index in [2.05, 4.69) is 11.6 Å². The molecule has 128 valence electrons. The van der Waals surface area contributed by atoms with E-state index in [1.54, 1.807) is 18.2 Å². The van der Waals surface area contributed by atoms with Crippen molar-refractivity contribution in [3.05, 3.63) is 47.5 Å². The Balaban J connectivity index is 1.78. The minimum Gasteiger partial charge on any atom is -0.342 e. The molecule has 1 amide bonds. The van der Waals surface area contributed by atoms with Gasteiger partial charge in [-0.2, -0.15) is 4.99 Å². The first-order valence-electron chi connectivity index (χ1n) is 7.49. The standard InChI is InChI=1S/C16H17ClN2O3S2/c1-2-7-19-13-9-24(21,22)10-14(13)23-16(19)18-15(20)8-11-5-3-4-6-12(11)17/h2-6,13-14H,1,7-10H2. The number of carbonyl (C=O) groups excluding carboxylic acids is 1. The number of carbonyl (C=O) groups is 1. The van der Waals surface area contributed by atoms with Crippen molar-refractivity contribution in [1.82, 2.24) is 4.90 Å². The van der Waals surface area contributed by atoms with Crippen LogP contribution in [0.1, 0.15) is 5.56 Å². The number of rotatable bonds is 4. The Morgan fingerprint density at radius 2 is 2.17 bits per heavy atom. The predicted molar refractivity (Wildman–Crippen MR) is 98.3 cm³/mol. The van der Waals surface area contributed by atoms with Crippen LogP contribution in [0.3, 0.4) is 0 Å². The maximum absolute atomic E-state index is 12.3. The third kappa shape index (κ3) is 3.68. The second kappa shape index (κ2) is 6.90. The highest BCUT2D eigenvalue weighted by molar-refractivity contribution is 8.15. The number of hydrogen-bond acceptors (Lipinski definition) is 4. The van der Waals surface area contributed by atoms with Crippen LogP contribution in [0, 0.1) is 0 Å². The van der Waals surface area contributed by atoms with Gasteiger partial charge >= 0.3 is 0 Å². The van der Waals surface area contributed by atoms with Gasteiger partial charge in [0.1, 0.15) is 0 Å². The topological polar surface area (TPSA) is 66.8 Å². The minimum atomic E-state index is -3.02. The summed E-state index contributed by atoms with van der Waals surface area (Å²) in [5, 5.41) is 1.05. The molecule has 0 aromatic heterocycles. The Kier molecular flexibility index (Phi) is 5.03. The van der Waals surface area contributed by atoms with Crippen LogP contribution in [-0.4, -0.2) is 53.7 Å². The van der Waals surface area contributed by atoms with Crippen LogP contribution in [0.5, 0.6) is 0 Å². The number of aliphatic imine (C=N–C) groups is 1. The Hall–Kier alpha value is -1.31. The first-order chi connectivity index (χ1) is 11.4. The summed E-state index contributed by atoms with van der Waals surface area (Å²) in [7, 11) is -3.02. The molecule has 0 radical (unpaired) electrons. The Labute approximate surface area is 150 Å². The average Bonchev–Trinajstić information content (AvgIpc) is 2.95. The second-order valence-corrected chi connectivity index (χ2v) is 9.57. The van der Waals surface area contributed by atoms with Gasteiger partial charge in [-0.05, 0) is 11.6 Å². The molecule has 0 N–H and O–H groups in total. The molecule has 2 unspecified atom stereocenters. The van der Waals surface area contributed by atoms with Crippen molar-refractivity contribution in [2.75, 3.05) is 18.1 Å². The third-order valence-electron chi connectivity index (χ3n) is 4.02. The summed E-state index contributed by atoms with van der Waals surface area (Å²) in [5.74, 6) is -0.0493. The molecule has 5 nitrogen and oxygen atoms in total. The third-order valence-corrected chi connectivity index (χ3v) is 7.64. The largest absolute Gasteiger partial charge is 0.342 e. The minimum absolute atomic E-state index is 0.0678. The molecule has 2 saturated heterocycles. The van der Waals surface area contributed by atoms with E-state index in [1.165, 1.54) is 11.8 Å². The fourth-order valence-electron chi connectivity index (χ4n) is 2.94. The Morgan fingerprint density at radius 1 is 1.42 bits per heavy atom. The van der Waals surface area contributed by atoms with Crippen LogP contribution in [0.25, 0.3) is 0 Å². The van der Waals surface area contributed by atoms with Crippen LogP contribution >= 0.6 is 23.4 Å². The zero-order chi connectivity index (χ0) is 17.3. The molecule has 2 atom stereocenters. The van der Waals surface area contributed by atoms with Gasteiger partial charge in [-0.15, -0.1) is 6.58 Å². The number of hydrogen-bond donors (Lipinski definition) is 0. The molecule has 2 heterocycles. The van der Waals surface area contributed by atoms with Gasteiger partial charge in [-0.25, -0.2) is 8.42 Å². The number of amides is 1. The quantitative estimate of drug-likeness (QED) is 0.744. The number of thioether (sulfide) groups is 1. The molecule has 0 spiro atoms. The van der Waals surface area contributed by atoms with Crippen molar-refractivity contribution >= 4 is 44.3 Å². The lowest BCUT2D eigenvalue weighted by Gasteiger charge is -2.22. The Morgan fingerprint density at radius 3 is 2.88 bits per heavy atom. The van der Waals surface area contributed by atoms with Crippen molar-refractivity contribution in [3.63, 3.8) is 0 Å². The number of fused-ring (bicyclic) bond motifs is 1. The van der Waals surface area contributed by atoms with Crippen LogP contribution < -0.4 is 0 Å². The van der Waals surface area contributed by atoms with Gasteiger partial charge < -0.3 is 4.90 Å². The lowest BCUT2D eigenvalue weighted by molar-refractivity contribution is -0.117. The molecule has 8 heteroatoms. The van der Waals surface area contributed by atoms with Gasteiger partial charge in [0, 0.05) is 16.8 Å². The first kappa shape index (κ1) is 17.5. The summed E-state index contributed by atoms with van der Waals surface area (Å²) < 4.78 is 23.6. The predicted octanol–water partition coefficient (Wildman–Crippen LogP) is 2.17. The maximum atomic E-state index is 12.3. The van der Waals surface area contributed by atoms with E-state index in [0.29, 0.717) is 16.7 Å². The lowest BCUT2D eigenvalue weighted by Crippen LogP contribution is -2.37.